The van der Waals surface area contributed by atoms with E-state index in [-0.39, 0.29) is 0 Å². The van der Waals surface area contributed by atoms with Gasteiger partial charge in [-0.15, -0.1) is 10.2 Å². The fourth-order valence-electron chi connectivity index (χ4n) is 4.91. The number of rotatable bonds is 5. The molecule has 4 nitrogen and oxygen atoms in total. The molecule has 0 amide bonds. The summed E-state index contributed by atoms with van der Waals surface area (Å²) < 4.78 is 2.40. The van der Waals surface area contributed by atoms with E-state index >= 15 is 0 Å². The molecule has 4 rings (SSSR count). The molecule has 1 saturated carbocycles. The van der Waals surface area contributed by atoms with Crippen molar-refractivity contribution in [3.63, 3.8) is 0 Å². The molecule has 0 radical (unpaired) electrons. The number of hydrogen-bond donors (Lipinski definition) is 0. The van der Waals surface area contributed by atoms with Gasteiger partial charge < -0.3 is 0 Å². The number of thioether (sulfide) groups is 1. The van der Waals surface area contributed by atoms with E-state index in [9.17, 15) is 0 Å². The lowest BCUT2D eigenvalue weighted by Crippen LogP contribution is -2.43. The van der Waals surface area contributed by atoms with Gasteiger partial charge >= 0.3 is 0 Å². The van der Waals surface area contributed by atoms with Crippen molar-refractivity contribution >= 4 is 11.8 Å². The number of likely N-dealkylation sites (tertiary alicyclic amines) is 1. The second-order valence-corrected chi connectivity index (χ2v) is 9.72. The summed E-state index contributed by atoms with van der Waals surface area (Å²) in [5.74, 6) is 8.60. The summed E-state index contributed by atoms with van der Waals surface area (Å²) in [6, 6.07) is 12.3. The highest BCUT2D eigenvalue weighted by Crippen LogP contribution is 2.35. The molecule has 0 spiro atoms. The summed E-state index contributed by atoms with van der Waals surface area (Å²) in [6.07, 6.45) is 10.3. The molecule has 1 aliphatic carbocycles. The van der Waals surface area contributed by atoms with E-state index in [0.717, 1.165) is 28.8 Å². The Balaban J connectivity index is 1.45. The first kappa shape index (κ1) is 21.5. The Morgan fingerprint density at radius 3 is 2.37 bits per heavy atom. The second-order valence-electron chi connectivity index (χ2n) is 8.78. The SMILES string of the molecule is CC1CCCC(C)N1CC#CCSc1nnc(-c2ccccc2)n1C1CCCCC1. The van der Waals surface area contributed by atoms with Crippen molar-refractivity contribution in [2.24, 2.45) is 0 Å². The molecule has 1 saturated heterocycles. The lowest BCUT2D eigenvalue weighted by Gasteiger charge is -2.37. The third-order valence-electron chi connectivity index (χ3n) is 6.67. The zero-order valence-electron chi connectivity index (χ0n) is 18.4. The molecule has 5 heteroatoms. The van der Waals surface area contributed by atoms with Crippen molar-refractivity contribution in [2.45, 2.75) is 88.5 Å². The van der Waals surface area contributed by atoms with E-state index in [4.69, 9.17) is 0 Å². The Morgan fingerprint density at radius 1 is 0.900 bits per heavy atom. The summed E-state index contributed by atoms with van der Waals surface area (Å²) in [5.41, 5.74) is 1.15. The van der Waals surface area contributed by atoms with Gasteiger partial charge in [-0.05, 0) is 39.5 Å². The van der Waals surface area contributed by atoms with Crippen LogP contribution in [0.4, 0.5) is 0 Å². The average molecular weight is 423 g/mol. The van der Waals surface area contributed by atoms with Gasteiger partial charge in [0.15, 0.2) is 11.0 Å². The summed E-state index contributed by atoms with van der Waals surface area (Å²) >= 11 is 1.74. The topological polar surface area (TPSA) is 34.0 Å². The molecule has 1 aromatic carbocycles. The van der Waals surface area contributed by atoms with Crippen LogP contribution in [0.3, 0.4) is 0 Å². The summed E-state index contributed by atoms with van der Waals surface area (Å²) in [7, 11) is 0. The minimum absolute atomic E-state index is 0.509. The number of aromatic nitrogens is 3. The molecule has 160 valence electrons. The molecule has 2 unspecified atom stereocenters. The minimum Gasteiger partial charge on any atom is -0.299 e. The van der Waals surface area contributed by atoms with Crippen LogP contribution >= 0.6 is 11.8 Å². The molecule has 1 aromatic heterocycles. The molecule has 2 atom stereocenters. The van der Waals surface area contributed by atoms with Gasteiger partial charge in [-0.1, -0.05) is 79.6 Å². The van der Waals surface area contributed by atoms with Crippen LogP contribution in [0.5, 0.6) is 0 Å². The van der Waals surface area contributed by atoms with Crippen LogP contribution in [0.15, 0.2) is 35.5 Å². The molecule has 2 heterocycles. The predicted octanol–water partition coefficient (Wildman–Crippen LogP) is 5.81. The first-order valence-corrected chi connectivity index (χ1v) is 12.6. The van der Waals surface area contributed by atoms with Crippen molar-refractivity contribution in [3.05, 3.63) is 30.3 Å². The Labute approximate surface area is 185 Å². The van der Waals surface area contributed by atoms with Gasteiger partial charge in [-0.2, -0.15) is 0 Å². The maximum absolute atomic E-state index is 4.59. The summed E-state index contributed by atoms with van der Waals surface area (Å²) in [6.45, 7) is 5.56. The van der Waals surface area contributed by atoms with Crippen molar-refractivity contribution in [2.75, 3.05) is 12.3 Å². The smallest absolute Gasteiger partial charge is 0.192 e. The van der Waals surface area contributed by atoms with E-state index in [1.807, 2.05) is 0 Å². The van der Waals surface area contributed by atoms with Gasteiger partial charge in [0.25, 0.3) is 0 Å². The zero-order valence-corrected chi connectivity index (χ0v) is 19.2. The molecule has 1 aliphatic heterocycles. The first-order chi connectivity index (χ1) is 14.7. The largest absolute Gasteiger partial charge is 0.299 e. The van der Waals surface area contributed by atoms with Crippen LogP contribution in [0.2, 0.25) is 0 Å². The molecule has 0 N–H and O–H groups in total. The second kappa shape index (κ2) is 10.5. The number of piperidine rings is 1. The highest BCUT2D eigenvalue weighted by atomic mass is 32.2. The van der Waals surface area contributed by atoms with Crippen molar-refractivity contribution in [3.8, 4) is 23.2 Å². The molecular formula is C25H34N4S. The van der Waals surface area contributed by atoms with Gasteiger partial charge in [0.05, 0.1) is 12.3 Å². The van der Waals surface area contributed by atoms with Gasteiger partial charge in [-0.25, -0.2) is 0 Å². The first-order valence-electron chi connectivity index (χ1n) is 11.6. The van der Waals surface area contributed by atoms with Gasteiger partial charge in [-0.3, -0.25) is 9.47 Å². The summed E-state index contributed by atoms with van der Waals surface area (Å²) in [5, 5.41) is 10.2. The Kier molecular flexibility index (Phi) is 7.52. The Hall–Kier alpha value is -1.77. The quantitative estimate of drug-likeness (QED) is 0.450. The molecule has 0 bridgehead atoms. The minimum atomic E-state index is 0.509. The summed E-state index contributed by atoms with van der Waals surface area (Å²) in [4.78, 5) is 2.55. The third-order valence-corrected chi connectivity index (χ3v) is 7.50. The van der Waals surface area contributed by atoms with E-state index in [2.05, 4.69) is 75.7 Å². The van der Waals surface area contributed by atoms with Crippen LogP contribution < -0.4 is 0 Å². The van der Waals surface area contributed by atoms with Crippen LogP contribution in [-0.2, 0) is 0 Å². The molecule has 30 heavy (non-hydrogen) atoms. The monoisotopic (exact) mass is 422 g/mol. The Morgan fingerprint density at radius 2 is 1.63 bits per heavy atom. The molecule has 2 fully saturated rings. The van der Waals surface area contributed by atoms with Gasteiger partial charge in [0.2, 0.25) is 0 Å². The van der Waals surface area contributed by atoms with E-state index in [0.29, 0.717) is 18.1 Å². The standard InChI is InChI=1S/C25H34N4S/c1-20-12-11-13-21(2)28(20)18-9-10-19-30-25-27-26-24(22-14-5-3-6-15-22)29(25)23-16-7-4-8-17-23/h3,5-6,14-15,20-21,23H,4,7-8,11-13,16-19H2,1-2H3. The average Bonchev–Trinajstić information content (AvgIpc) is 3.20. The fraction of sp³-hybridized carbons (Fsp3) is 0.600. The van der Waals surface area contributed by atoms with E-state index < -0.39 is 0 Å². The van der Waals surface area contributed by atoms with E-state index in [1.165, 1.54) is 51.4 Å². The highest BCUT2D eigenvalue weighted by molar-refractivity contribution is 7.99. The fourth-order valence-corrected chi connectivity index (χ4v) is 5.69. The van der Waals surface area contributed by atoms with Crippen LogP contribution in [0.25, 0.3) is 11.4 Å². The van der Waals surface area contributed by atoms with Crippen LogP contribution in [0.1, 0.15) is 71.3 Å². The van der Waals surface area contributed by atoms with E-state index in [1.54, 1.807) is 11.8 Å². The maximum Gasteiger partial charge on any atom is 0.192 e. The molecule has 2 aromatic rings. The lowest BCUT2D eigenvalue weighted by atomic mass is 9.95. The van der Waals surface area contributed by atoms with Crippen LogP contribution in [0, 0.1) is 11.8 Å². The number of hydrogen-bond acceptors (Lipinski definition) is 4. The van der Waals surface area contributed by atoms with Crippen molar-refractivity contribution < 1.29 is 0 Å². The molecular weight excluding hydrogens is 388 g/mol. The molecule has 2 aliphatic rings. The number of benzene rings is 1. The van der Waals surface area contributed by atoms with Gasteiger partial charge in [0, 0.05) is 23.7 Å². The number of nitrogens with zero attached hydrogens (tertiary/aromatic N) is 4. The third kappa shape index (κ3) is 5.10. The Bertz CT molecular complexity index is 850. The lowest BCUT2D eigenvalue weighted by molar-refractivity contribution is 0.121. The van der Waals surface area contributed by atoms with Crippen molar-refractivity contribution in [1.29, 1.82) is 0 Å². The normalized spacial score (nSPS) is 23.1. The predicted molar refractivity (Wildman–Crippen MR) is 126 cm³/mol. The van der Waals surface area contributed by atoms with Crippen LogP contribution in [-0.4, -0.2) is 44.0 Å². The van der Waals surface area contributed by atoms with Crippen molar-refractivity contribution in [1.82, 2.24) is 19.7 Å². The zero-order chi connectivity index (χ0) is 20.8. The van der Waals surface area contributed by atoms with Gasteiger partial charge in [0.1, 0.15) is 0 Å². The maximum atomic E-state index is 4.59. The highest BCUT2D eigenvalue weighted by Gasteiger charge is 2.24.